The molecule has 0 fully saturated rings. The van der Waals surface area contributed by atoms with E-state index in [9.17, 15) is 9.59 Å². The maximum absolute atomic E-state index is 13.6. The van der Waals surface area contributed by atoms with Crippen molar-refractivity contribution in [1.82, 2.24) is 10.2 Å². The summed E-state index contributed by atoms with van der Waals surface area (Å²) < 4.78 is 0. The minimum Gasteiger partial charge on any atom is -0.355 e. The average Bonchev–Trinajstić information content (AvgIpc) is 2.81. The number of amides is 2. The highest BCUT2D eigenvalue weighted by atomic mass is 35.5. The molecular weight excluding hydrogens is 476 g/mol. The summed E-state index contributed by atoms with van der Waals surface area (Å²) in [5.74, 6) is 0.819. The predicted octanol–water partition coefficient (Wildman–Crippen LogP) is 5.97. The zero-order chi connectivity index (χ0) is 25.2. The summed E-state index contributed by atoms with van der Waals surface area (Å²) in [6.45, 7) is 6.88. The Bertz CT molecular complexity index is 1120. The van der Waals surface area contributed by atoms with Gasteiger partial charge < -0.3 is 10.2 Å². The van der Waals surface area contributed by atoms with E-state index in [0.29, 0.717) is 24.5 Å². The molecule has 1 unspecified atom stereocenters. The third-order valence-corrected chi connectivity index (χ3v) is 6.86. The molecule has 0 aliphatic carbocycles. The monoisotopic (exact) mass is 508 g/mol. The predicted molar refractivity (Wildman–Crippen MR) is 147 cm³/mol. The maximum Gasteiger partial charge on any atom is 0.243 e. The van der Waals surface area contributed by atoms with E-state index in [4.69, 9.17) is 11.6 Å². The molecule has 1 atom stereocenters. The van der Waals surface area contributed by atoms with Gasteiger partial charge in [-0.05, 0) is 49.6 Å². The van der Waals surface area contributed by atoms with Gasteiger partial charge >= 0.3 is 0 Å². The van der Waals surface area contributed by atoms with Crippen LogP contribution >= 0.6 is 23.4 Å². The fourth-order valence-corrected chi connectivity index (χ4v) is 5.23. The number of carbonyl (C=O) groups is 2. The molecule has 1 N–H and O–H groups in total. The lowest BCUT2D eigenvalue weighted by Crippen LogP contribution is -2.51. The number of hydrogen-bond donors (Lipinski definition) is 1. The number of likely N-dealkylation sites (N-methyl/N-ethyl adjacent to an activating group) is 1. The first kappa shape index (κ1) is 26.8. The van der Waals surface area contributed by atoms with Gasteiger partial charge in [-0.15, -0.1) is 11.8 Å². The Morgan fingerprint density at radius 3 is 2.26 bits per heavy atom. The standard InChI is InChI=1S/C29H33ClN2O2S/c1-4-31-29(34)27(17-23-9-6-5-7-10-23)32(18-24-11-8-12-26(30)16-24)28(33)20-35-19-25-14-21(2)13-22(3)15-25/h5-16,27H,4,17-20H2,1-3H3,(H,31,34). The van der Waals surface area contributed by atoms with Gasteiger partial charge in [-0.2, -0.15) is 0 Å². The number of thioether (sulfide) groups is 1. The molecule has 0 heterocycles. The number of nitrogens with one attached hydrogen (secondary N) is 1. The summed E-state index contributed by atoms with van der Waals surface area (Å²) in [7, 11) is 0. The maximum atomic E-state index is 13.6. The van der Waals surface area contributed by atoms with Crippen molar-refractivity contribution >= 4 is 35.2 Å². The second kappa shape index (κ2) is 13.4. The van der Waals surface area contributed by atoms with E-state index in [0.717, 1.165) is 16.9 Å². The van der Waals surface area contributed by atoms with E-state index in [1.165, 1.54) is 16.7 Å². The highest BCUT2D eigenvalue weighted by molar-refractivity contribution is 7.99. The topological polar surface area (TPSA) is 49.4 Å². The molecule has 2 amide bonds. The first-order valence-electron chi connectivity index (χ1n) is 11.9. The second-order valence-corrected chi connectivity index (χ2v) is 10.2. The molecule has 3 rings (SSSR count). The van der Waals surface area contributed by atoms with Crippen LogP contribution in [0, 0.1) is 13.8 Å². The van der Waals surface area contributed by atoms with Crippen LogP contribution in [-0.4, -0.2) is 35.1 Å². The Hall–Kier alpha value is -2.76. The average molecular weight is 509 g/mol. The Balaban J connectivity index is 1.83. The molecule has 0 aromatic heterocycles. The lowest BCUT2D eigenvalue weighted by atomic mass is 10.0. The van der Waals surface area contributed by atoms with E-state index in [2.05, 4.69) is 37.4 Å². The Labute approximate surface area is 218 Å². The Morgan fingerprint density at radius 2 is 1.60 bits per heavy atom. The number of benzene rings is 3. The first-order valence-corrected chi connectivity index (χ1v) is 13.4. The van der Waals surface area contributed by atoms with E-state index >= 15 is 0 Å². The highest BCUT2D eigenvalue weighted by Gasteiger charge is 2.30. The second-order valence-electron chi connectivity index (χ2n) is 8.74. The summed E-state index contributed by atoms with van der Waals surface area (Å²) in [5.41, 5.74) is 5.54. The van der Waals surface area contributed by atoms with Gasteiger partial charge in [-0.3, -0.25) is 9.59 Å². The van der Waals surface area contributed by atoms with Crippen LogP contribution in [0.25, 0.3) is 0 Å². The van der Waals surface area contributed by atoms with Gasteiger partial charge in [-0.25, -0.2) is 0 Å². The highest BCUT2D eigenvalue weighted by Crippen LogP contribution is 2.21. The van der Waals surface area contributed by atoms with Crippen molar-refractivity contribution in [3.05, 3.63) is 106 Å². The summed E-state index contributed by atoms with van der Waals surface area (Å²) in [6, 6.07) is 23.1. The molecule has 184 valence electrons. The summed E-state index contributed by atoms with van der Waals surface area (Å²) in [4.78, 5) is 28.5. The van der Waals surface area contributed by atoms with E-state index < -0.39 is 6.04 Å². The smallest absolute Gasteiger partial charge is 0.243 e. The fraction of sp³-hybridized carbons (Fsp3) is 0.310. The van der Waals surface area contributed by atoms with Crippen molar-refractivity contribution in [2.24, 2.45) is 0 Å². The molecule has 0 saturated carbocycles. The van der Waals surface area contributed by atoms with Crippen LogP contribution in [-0.2, 0) is 28.3 Å². The molecule has 0 spiro atoms. The number of halogens is 1. The molecular formula is C29H33ClN2O2S. The minimum atomic E-state index is -0.620. The third kappa shape index (κ3) is 8.44. The molecule has 3 aromatic carbocycles. The minimum absolute atomic E-state index is 0.0634. The summed E-state index contributed by atoms with van der Waals surface area (Å²) in [5, 5.41) is 3.54. The lowest BCUT2D eigenvalue weighted by Gasteiger charge is -2.31. The molecule has 3 aromatic rings. The van der Waals surface area contributed by atoms with Crippen molar-refractivity contribution in [2.45, 2.75) is 45.5 Å². The van der Waals surface area contributed by atoms with Gasteiger partial charge in [0.2, 0.25) is 11.8 Å². The van der Waals surface area contributed by atoms with Crippen molar-refractivity contribution in [3.63, 3.8) is 0 Å². The number of rotatable bonds is 11. The van der Waals surface area contributed by atoms with Gasteiger partial charge in [0.25, 0.3) is 0 Å². The van der Waals surface area contributed by atoms with Crippen LogP contribution in [0.4, 0.5) is 0 Å². The number of aryl methyl sites for hydroxylation is 2. The zero-order valence-electron chi connectivity index (χ0n) is 20.6. The Kier molecular flexibility index (Phi) is 10.2. The largest absolute Gasteiger partial charge is 0.355 e. The molecule has 0 radical (unpaired) electrons. The van der Waals surface area contributed by atoms with Crippen LogP contribution in [0.15, 0.2) is 72.8 Å². The van der Waals surface area contributed by atoms with Crippen LogP contribution < -0.4 is 5.32 Å². The lowest BCUT2D eigenvalue weighted by molar-refractivity contribution is -0.139. The van der Waals surface area contributed by atoms with E-state index in [1.807, 2.05) is 61.5 Å². The number of hydrogen-bond acceptors (Lipinski definition) is 3. The van der Waals surface area contributed by atoms with Gasteiger partial charge in [-0.1, -0.05) is 83.4 Å². The van der Waals surface area contributed by atoms with Gasteiger partial charge in [0.1, 0.15) is 6.04 Å². The van der Waals surface area contributed by atoms with Gasteiger partial charge in [0.05, 0.1) is 5.75 Å². The quantitative estimate of drug-likeness (QED) is 0.347. The van der Waals surface area contributed by atoms with Gasteiger partial charge in [0.15, 0.2) is 0 Å². The van der Waals surface area contributed by atoms with Gasteiger partial charge in [0, 0.05) is 30.3 Å². The van der Waals surface area contributed by atoms with Crippen LogP contribution in [0.3, 0.4) is 0 Å². The normalized spacial score (nSPS) is 11.7. The molecule has 0 aliphatic heterocycles. The summed E-state index contributed by atoms with van der Waals surface area (Å²) in [6.07, 6.45) is 0.445. The molecule has 6 heteroatoms. The molecule has 4 nitrogen and oxygen atoms in total. The van der Waals surface area contributed by atoms with Crippen molar-refractivity contribution in [3.8, 4) is 0 Å². The van der Waals surface area contributed by atoms with Crippen LogP contribution in [0.5, 0.6) is 0 Å². The molecule has 0 saturated heterocycles. The van der Waals surface area contributed by atoms with E-state index in [1.54, 1.807) is 16.7 Å². The van der Waals surface area contributed by atoms with Crippen LogP contribution in [0.1, 0.15) is 34.7 Å². The molecule has 35 heavy (non-hydrogen) atoms. The third-order valence-electron chi connectivity index (χ3n) is 5.64. The molecule has 0 bridgehead atoms. The SMILES string of the molecule is CCNC(=O)C(Cc1ccccc1)N(Cc1cccc(Cl)c1)C(=O)CSCc1cc(C)cc(C)c1. The number of carbonyl (C=O) groups excluding carboxylic acids is 2. The molecule has 0 aliphatic rings. The number of nitrogens with zero attached hydrogens (tertiary/aromatic N) is 1. The first-order chi connectivity index (χ1) is 16.9. The Morgan fingerprint density at radius 1 is 0.914 bits per heavy atom. The zero-order valence-corrected chi connectivity index (χ0v) is 22.2. The van der Waals surface area contributed by atoms with E-state index in [-0.39, 0.29) is 17.6 Å². The van der Waals surface area contributed by atoms with Crippen molar-refractivity contribution in [1.29, 1.82) is 0 Å². The fourth-order valence-electron chi connectivity index (χ4n) is 4.17. The van der Waals surface area contributed by atoms with Crippen molar-refractivity contribution in [2.75, 3.05) is 12.3 Å². The van der Waals surface area contributed by atoms with Crippen molar-refractivity contribution < 1.29 is 9.59 Å². The summed E-state index contributed by atoms with van der Waals surface area (Å²) >= 11 is 7.79. The van der Waals surface area contributed by atoms with Crippen LogP contribution in [0.2, 0.25) is 5.02 Å².